The van der Waals surface area contributed by atoms with Crippen molar-refractivity contribution in [2.24, 2.45) is 0 Å². The van der Waals surface area contributed by atoms with Crippen molar-refractivity contribution in [2.45, 2.75) is 51.7 Å². The Hall–Kier alpha value is -1.55. The summed E-state index contributed by atoms with van der Waals surface area (Å²) in [5, 5.41) is 13.4. The molecule has 1 aliphatic rings. The van der Waals surface area contributed by atoms with E-state index in [0.717, 1.165) is 29.7 Å². The number of ether oxygens (including phenoxy) is 1. The number of hydrogen-bond acceptors (Lipinski definition) is 3. The number of fused-ring (bicyclic) bond motifs is 1. The van der Waals surface area contributed by atoms with E-state index in [2.05, 4.69) is 12.2 Å². The second-order valence-electron chi connectivity index (χ2n) is 5.35. The Morgan fingerprint density at radius 1 is 1.50 bits per heavy atom. The normalized spacial score (nSPS) is 21.6. The van der Waals surface area contributed by atoms with Gasteiger partial charge in [-0.15, -0.1) is 0 Å². The van der Waals surface area contributed by atoms with Crippen LogP contribution in [-0.4, -0.2) is 23.7 Å². The number of aryl methyl sites for hydroxylation is 1. The molecule has 1 aliphatic heterocycles. The number of nitrogens with one attached hydrogen (secondary N) is 1. The maximum Gasteiger partial charge on any atom is 0.220 e. The van der Waals surface area contributed by atoms with Crippen LogP contribution < -0.4 is 10.1 Å². The van der Waals surface area contributed by atoms with Gasteiger partial charge >= 0.3 is 0 Å². The fourth-order valence-electron chi connectivity index (χ4n) is 2.54. The Balaban J connectivity index is 2.11. The molecule has 0 saturated carbocycles. The van der Waals surface area contributed by atoms with Crippen molar-refractivity contribution in [3.63, 3.8) is 0 Å². The Morgan fingerprint density at radius 3 is 3.05 bits per heavy atom. The molecule has 1 heterocycles. The van der Waals surface area contributed by atoms with E-state index < -0.39 is 6.10 Å². The van der Waals surface area contributed by atoms with Crippen LogP contribution in [0, 0.1) is 6.92 Å². The van der Waals surface area contributed by atoms with E-state index >= 15 is 0 Å². The summed E-state index contributed by atoms with van der Waals surface area (Å²) in [5.74, 6) is 0.761. The van der Waals surface area contributed by atoms with Gasteiger partial charge in [-0.05, 0) is 18.9 Å². The van der Waals surface area contributed by atoms with Crippen molar-refractivity contribution >= 4 is 5.91 Å². The molecule has 20 heavy (non-hydrogen) atoms. The molecule has 2 atom stereocenters. The minimum absolute atomic E-state index is 0.00648. The smallest absolute Gasteiger partial charge is 0.220 e. The molecule has 2 N–H and O–H groups in total. The van der Waals surface area contributed by atoms with Gasteiger partial charge in [-0.2, -0.15) is 0 Å². The first kappa shape index (κ1) is 14.9. The maximum atomic E-state index is 11.8. The van der Waals surface area contributed by atoms with E-state index in [1.54, 1.807) is 0 Å². The van der Waals surface area contributed by atoms with Crippen LogP contribution >= 0.6 is 0 Å². The third-order valence-corrected chi connectivity index (χ3v) is 3.72. The van der Waals surface area contributed by atoms with Gasteiger partial charge < -0.3 is 15.2 Å². The highest BCUT2D eigenvalue weighted by Crippen LogP contribution is 2.34. The number of unbranched alkanes of at least 4 members (excludes halogenated alkanes) is 1. The number of hydrogen-bond donors (Lipinski definition) is 2. The van der Waals surface area contributed by atoms with Crippen molar-refractivity contribution in [1.82, 2.24) is 5.32 Å². The molecule has 1 amide bonds. The Labute approximate surface area is 120 Å². The number of aliphatic hydroxyl groups excluding tert-OH is 1. The lowest BCUT2D eigenvalue weighted by Crippen LogP contribution is -2.39. The monoisotopic (exact) mass is 277 g/mol. The summed E-state index contributed by atoms with van der Waals surface area (Å²) in [7, 11) is 0. The quantitative estimate of drug-likeness (QED) is 0.889. The Kier molecular flexibility index (Phi) is 5.01. The molecule has 0 fully saturated rings. The van der Waals surface area contributed by atoms with Gasteiger partial charge in [-0.1, -0.05) is 31.5 Å². The summed E-state index contributed by atoms with van der Waals surface area (Å²) in [4.78, 5) is 11.8. The summed E-state index contributed by atoms with van der Waals surface area (Å²) >= 11 is 0. The summed E-state index contributed by atoms with van der Waals surface area (Å²) in [6, 6.07) is 5.46. The topological polar surface area (TPSA) is 58.6 Å². The minimum atomic E-state index is -0.710. The average Bonchev–Trinajstić information content (AvgIpc) is 2.59. The van der Waals surface area contributed by atoms with Gasteiger partial charge in [-0.25, -0.2) is 0 Å². The number of rotatable bonds is 4. The highest BCUT2D eigenvalue weighted by Gasteiger charge is 2.28. The molecular formula is C16H23NO3. The molecule has 1 aromatic carbocycles. The maximum absolute atomic E-state index is 11.8. The number of amides is 1. The zero-order chi connectivity index (χ0) is 14.5. The lowest BCUT2D eigenvalue weighted by molar-refractivity contribution is -0.122. The molecule has 0 bridgehead atoms. The second-order valence-corrected chi connectivity index (χ2v) is 5.35. The zero-order valence-corrected chi connectivity index (χ0v) is 12.2. The number of benzene rings is 1. The molecule has 0 radical (unpaired) electrons. The molecular weight excluding hydrogens is 254 g/mol. The van der Waals surface area contributed by atoms with Gasteiger partial charge in [0.2, 0.25) is 5.91 Å². The third-order valence-electron chi connectivity index (χ3n) is 3.72. The van der Waals surface area contributed by atoms with Crippen LogP contribution in [0.1, 0.15) is 49.8 Å². The molecule has 4 nitrogen and oxygen atoms in total. The Morgan fingerprint density at radius 2 is 2.30 bits per heavy atom. The van der Waals surface area contributed by atoms with Crippen LogP contribution in [0.15, 0.2) is 18.2 Å². The minimum Gasteiger partial charge on any atom is -0.493 e. The van der Waals surface area contributed by atoms with Crippen LogP contribution in [0.25, 0.3) is 0 Å². The molecule has 0 aliphatic carbocycles. The molecule has 110 valence electrons. The summed E-state index contributed by atoms with van der Waals surface area (Å²) in [6.07, 6.45) is 2.29. The highest BCUT2D eigenvalue weighted by molar-refractivity contribution is 5.76. The molecule has 2 rings (SSSR count). The fourth-order valence-corrected chi connectivity index (χ4v) is 2.54. The van der Waals surface area contributed by atoms with Crippen molar-refractivity contribution in [3.8, 4) is 5.75 Å². The van der Waals surface area contributed by atoms with Gasteiger partial charge in [0.1, 0.15) is 11.9 Å². The van der Waals surface area contributed by atoms with Gasteiger partial charge in [0, 0.05) is 18.4 Å². The van der Waals surface area contributed by atoms with Crippen LogP contribution in [0.5, 0.6) is 5.75 Å². The number of para-hydroxylation sites is 1. The van der Waals surface area contributed by atoms with Crippen molar-refractivity contribution < 1.29 is 14.6 Å². The van der Waals surface area contributed by atoms with Crippen LogP contribution in [0.4, 0.5) is 0 Å². The van der Waals surface area contributed by atoms with Gasteiger partial charge in [-0.3, -0.25) is 4.79 Å². The summed E-state index contributed by atoms with van der Waals surface area (Å²) in [5.41, 5.74) is 1.78. The lowest BCUT2D eigenvalue weighted by Gasteiger charge is -2.22. The number of carbonyl (C=O) groups is 1. The molecule has 0 aromatic heterocycles. The predicted octanol–water partition coefficient (Wildman–Crippen LogP) is 2.49. The molecule has 0 saturated heterocycles. The van der Waals surface area contributed by atoms with E-state index in [1.165, 1.54) is 0 Å². The van der Waals surface area contributed by atoms with Crippen molar-refractivity contribution in [2.75, 3.05) is 6.61 Å². The lowest BCUT2D eigenvalue weighted by atomic mass is 9.98. The van der Waals surface area contributed by atoms with E-state index in [9.17, 15) is 9.90 Å². The van der Waals surface area contributed by atoms with Crippen molar-refractivity contribution in [3.05, 3.63) is 29.3 Å². The number of aliphatic hydroxyl groups is 1. The average molecular weight is 277 g/mol. The predicted molar refractivity (Wildman–Crippen MR) is 77.7 cm³/mol. The van der Waals surface area contributed by atoms with E-state index in [-0.39, 0.29) is 11.9 Å². The van der Waals surface area contributed by atoms with E-state index in [1.807, 2.05) is 25.1 Å². The first-order valence-corrected chi connectivity index (χ1v) is 7.33. The SMILES string of the molecule is CCCCC(=O)NC1CCOc2c(C)cccc2C1O. The van der Waals surface area contributed by atoms with Crippen LogP contribution in [0.2, 0.25) is 0 Å². The molecule has 0 spiro atoms. The number of carbonyl (C=O) groups excluding carboxylic acids is 1. The summed E-state index contributed by atoms with van der Waals surface area (Å²) < 4.78 is 5.73. The zero-order valence-electron chi connectivity index (χ0n) is 12.2. The molecule has 4 heteroatoms. The third kappa shape index (κ3) is 3.31. The fraction of sp³-hybridized carbons (Fsp3) is 0.562. The largest absolute Gasteiger partial charge is 0.493 e. The second kappa shape index (κ2) is 6.75. The summed E-state index contributed by atoms with van der Waals surface area (Å²) in [6.45, 7) is 4.53. The first-order valence-electron chi connectivity index (χ1n) is 7.33. The van der Waals surface area contributed by atoms with Gasteiger partial charge in [0.15, 0.2) is 0 Å². The van der Waals surface area contributed by atoms with Crippen molar-refractivity contribution in [1.29, 1.82) is 0 Å². The van der Waals surface area contributed by atoms with E-state index in [0.29, 0.717) is 19.4 Å². The molecule has 2 unspecified atom stereocenters. The van der Waals surface area contributed by atoms with Gasteiger partial charge in [0.25, 0.3) is 0 Å². The van der Waals surface area contributed by atoms with Gasteiger partial charge in [0.05, 0.1) is 12.6 Å². The highest BCUT2D eigenvalue weighted by atomic mass is 16.5. The van der Waals surface area contributed by atoms with Crippen LogP contribution in [-0.2, 0) is 4.79 Å². The van der Waals surface area contributed by atoms with Crippen LogP contribution in [0.3, 0.4) is 0 Å². The van der Waals surface area contributed by atoms with E-state index in [4.69, 9.17) is 4.74 Å². The molecule has 1 aromatic rings. The first-order chi connectivity index (χ1) is 9.63. The standard InChI is InChI=1S/C16H23NO3/c1-3-4-8-14(18)17-13-9-10-20-16-11(2)6-5-7-12(16)15(13)19/h5-7,13,15,19H,3-4,8-10H2,1-2H3,(H,17,18). The Bertz CT molecular complexity index is 473.